The second kappa shape index (κ2) is 5.10. The number of aromatic nitrogens is 1. The average Bonchev–Trinajstić information content (AvgIpc) is 2.37. The lowest BCUT2D eigenvalue weighted by Crippen LogP contribution is -2.13. The van der Waals surface area contributed by atoms with E-state index < -0.39 is 0 Å². The summed E-state index contributed by atoms with van der Waals surface area (Å²) in [5, 5.41) is 2.77. The zero-order valence-corrected chi connectivity index (χ0v) is 11.3. The molecule has 19 heavy (non-hydrogen) atoms. The monoisotopic (exact) mass is 255 g/mol. The summed E-state index contributed by atoms with van der Waals surface area (Å²) in [7, 11) is 0. The Balaban J connectivity index is 2.20. The molecule has 2 rings (SSSR count). The minimum absolute atomic E-state index is 0.167. The maximum Gasteiger partial charge on any atom is 0.256 e. The predicted molar refractivity (Wildman–Crippen MR) is 77.3 cm³/mol. The molecule has 98 valence electrons. The van der Waals surface area contributed by atoms with Crippen LogP contribution in [0.5, 0.6) is 0 Å². The molecule has 0 spiro atoms. The van der Waals surface area contributed by atoms with Crippen molar-refractivity contribution in [1.29, 1.82) is 0 Å². The van der Waals surface area contributed by atoms with Crippen molar-refractivity contribution < 1.29 is 4.79 Å². The molecular formula is C15H17N3O. The van der Waals surface area contributed by atoms with Gasteiger partial charge >= 0.3 is 0 Å². The normalized spacial score (nSPS) is 10.3. The van der Waals surface area contributed by atoms with Crippen molar-refractivity contribution in [1.82, 2.24) is 4.98 Å². The molecule has 0 bridgehead atoms. The number of nitrogens with two attached hydrogens (primary N) is 1. The molecule has 0 aliphatic rings. The number of hydrogen-bond acceptors (Lipinski definition) is 3. The number of nitrogens with zero attached hydrogens (tertiary/aromatic N) is 1. The van der Waals surface area contributed by atoms with E-state index in [0.717, 1.165) is 16.7 Å². The number of nitrogens with one attached hydrogen (secondary N) is 1. The lowest BCUT2D eigenvalue weighted by molar-refractivity contribution is 0.102. The molecule has 1 heterocycles. The summed E-state index contributed by atoms with van der Waals surface area (Å²) in [6, 6.07) is 7.37. The number of rotatable bonds is 2. The van der Waals surface area contributed by atoms with E-state index in [9.17, 15) is 4.79 Å². The van der Waals surface area contributed by atoms with Crippen LogP contribution in [-0.2, 0) is 0 Å². The Kier molecular flexibility index (Phi) is 3.51. The number of nitrogen functional groups attached to an aromatic ring is 1. The molecule has 0 atom stereocenters. The molecule has 0 aliphatic heterocycles. The van der Waals surface area contributed by atoms with E-state index in [0.29, 0.717) is 17.1 Å². The van der Waals surface area contributed by atoms with Gasteiger partial charge in [-0.15, -0.1) is 0 Å². The minimum atomic E-state index is -0.167. The van der Waals surface area contributed by atoms with Crippen molar-refractivity contribution in [2.45, 2.75) is 20.8 Å². The molecule has 1 aromatic heterocycles. The van der Waals surface area contributed by atoms with Crippen LogP contribution < -0.4 is 11.1 Å². The number of carbonyl (C=O) groups excluding carboxylic acids is 1. The van der Waals surface area contributed by atoms with Gasteiger partial charge in [0.2, 0.25) is 0 Å². The molecule has 1 amide bonds. The third-order valence-corrected chi connectivity index (χ3v) is 3.16. The number of pyridine rings is 1. The van der Waals surface area contributed by atoms with Gasteiger partial charge in [-0.1, -0.05) is 6.07 Å². The molecule has 0 fully saturated rings. The predicted octanol–water partition coefficient (Wildman–Crippen LogP) is 2.84. The van der Waals surface area contributed by atoms with Crippen molar-refractivity contribution in [3.63, 3.8) is 0 Å². The summed E-state index contributed by atoms with van der Waals surface area (Å²) < 4.78 is 0. The molecule has 2 aromatic rings. The summed E-state index contributed by atoms with van der Waals surface area (Å²) >= 11 is 0. The smallest absolute Gasteiger partial charge is 0.256 e. The van der Waals surface area contributed by atoms with Crippen molar-refractivity contribution in [3.8, 4) is 0 Å². The SMILES string of the molecule is Cc1ccc(C(=O)Nc2cc(C)c(N)cn2)cc1C. The van der Waals surface area contributed by atoms with Gasteiger partial charge in [0.1, 0.15) is 5.82 Å². The van der Waals surface area contributed by atoms with Gasteiger partial charge < -0.3 is 11.1 Å². The maximum absolute atomic E-state index is 12.1. The van der Waals surface area contributed by atoms with Crippen molar-refractivity contribution in [2.24, 2.45) is 0 Å². The van der Waals surface area contributed by atoms with Gasteiger partial charge in [-0.05, 0) is 55.7 Å². The molecule has 0 saturated carbocycles. The number of amides is 1. The largest absolute Gasteiger partial charge is 0.397 e. The van der Waals surface area contributed by atoms with Crippen LogP contribution in [0.3, 0.4) is 0 Å². The van der Waals surface area contributed by atoms with Crippen LogP contribution in [0.4, 0.5) is 11.5 Å². The first-order chi connectivity index (χ1) is 8.97. The van der Waals surface area contributed by atoms with Crippen molar-refractivity contribution in [2.75, 3.05) is 11.1 Å². The molecule has 4 heteroatoms. The second-order valence-electron chi connectivity index (χ2n) is 4.68. The first-order valence-corrected chi connectivity index (χ1v) is 6.08. The number of aryl methyl sites for hydroxylation is 3. The average molecular weight is 255 g/mol. The van der Waals surface area contributed by atoms with Crippen LogP contribution in [0, 0.1) is 20.8 Å². The molecule has 0 saturated heterocycles. The van der Waals surface area contributed by atoms with Crippen molar-refractivity contribution >= 4 is 17.4 Å². The summed E-state index contributed by atoms with van der Waals surface area (Å²) in [4.78, 5) is 16.2. The summed E-state index contributed by atoms with van der Waals surface area (Å²) in [6.07, 6.45) is 1.55. The topological polar surface area (TPSA) is 68.0 Å². The van der Waals surface area contributed by atoms with Crippen LogP contribution in [-0.4, -0.2) is 10.9 Å². The summed E-state index contributed by atoms with van der Waals surface area (Å²) in [6.45, 7) is 5.88. The van der Waals surface area contributed by atoms with Crippen LogP contribution >= 0.6 is 0 Å². The molecule has 0 unspecified atom stereocenters. The van der Waals surface area contributed by atoms with Gasteiger partial charge in [0.05, 0.1) is 11.9 Å². The molecule has 0 radical (unpaired) electrons. The Morgan fingerprint density at radius 2 is 1.84 bits per heavy atom. The third kappa shape index (κ3) is 2.91. The van der Waals surface area contributed by atoms with Crippen LogP contribution in [0.15, 0.2) is 30.5 Å². The fourth-order valence-electron chi connectivity index (χ4n) is 1.71. The van der Waals surface area contributed by atoms with E-state index >= 15 is 0 Å². The highest BCUT2D eigenvalue weighted by Gasteiger charge is 2.08. The molecular weight excluding hydrogens is 238 g/mol. The van der Waals surface area contributed by atoms with E-state index in [1.54, 1.807) is 12.3 Å². The minimum Gasteiger partial charge on any atom is -0.397 e. The lowest BCUT2D eigenvalue weighted by Gasteiger charge is -2.08. The Hall–Kier alpha value is -2.36. The van der Waals surface area contributed by atoms with Gasteiger partial charge in [-0.2, -0.15) is 0 Å². The molecule has 0 aliphatic carbocycles. The standard InChI is InChI=1S/C15H17N3O/c1-9-4-5-12(6-10(9)2)15(19)18-14-7-11(3)13(16)8-17-14/h4-8H,16H2,1-3H3,(H,17,18,19). The fraction of sp³-hybridized carbons (Fsp3) is 0.200. The van der Waals surface area contributed by atoms with Gasteiger partial charge in [0.15, 0.2) is 0 Å². The zero-order valence-electron chi connectivity index (χ0n) is 11.3. The van der Waals surface area contributed by atoms with Crippen LogP contribution in [0.1, 0.15) is 27.0 Å². The Morgan fingerprint density at radius 3 is 2.47 bits per heavy atom. The molecule has 3 N–H and O–H groups in total. The van der Waals surface area contributed by atoms with E-state index in [1.165, 1.54) is 0 Å². The van der Waals surface area contributed by atoms with Crippen LogP contribution in [0.25, 0.3) is 0 Å². The number of benzene rings is 1. The Labute approximate surface area is 112 Å². The maximum atomic E-state index is 12.1. The molecule has 4 nitrogen and oxygen atoms in total. The first kappa shape index (κ1) is 13.1. The number of anilines is 2. The highest BCUT2D eigenvalue weighted by molar-refractivity contribution is 6.04. The third-order valence-electron chi connectivity index (χ3n) is 3.16. The van der Waals surface area contributed by atoms with E-state index in [1.807, 2.05) is 39.0 Å². The second-order valence-corrected chi connectivity index (χ2v) is 4.68. The Bertz CT molecular complexity index is 635. The highest BCUT2D eigenvalue weighted by Crippen LogP contribution is 2.15. The van der Waals surface area contributed by atoms with Crippen LogP contribution in [0.2, 0.25) is 0 Å². The quantitative estimate of drug-likeness (QED) is 0.867. The number of carbonyl (C=O) groups is 1. The Morgan fingerprint density at radius 1 is 1.11 bits per heavy atom. The zero-order chi connectivity index (χ0) is 14.0. The van der Waals surface area contributed by atoms with Gasteiger partial charge in [-0.3, -0.25) is 4.79 Å². The van der Waals surface area contributed by atoms with E-state index in [4.69, 9.17) is 5.73 Å². The van der Waals surface area contributed by atoms with Gasteiger partial charge in [0.25, 0.3) is 5.91 Å². The summed E-state index contributed by atoms with van der Waals surface area (Å²) in [5.41, 5.74) is 10.1. The number of hydrogen-bond donors (Lipinski definition) is 2. The fourth-order valence-corrected chi connectivity index (χ4v) is 1.71. The van der Waals surface area contributed by atoms with E-state index in [2.05, 4.69) is 10.3 Å². The van der Waals surface area contributed by atoms with Gasteiger partial charge in [-0.25, -0.2) is 4.98 Å². The summed E-state index contributed by atoms with van der Waals surface area (Å²) in [5.74, 6) is 0.342. The first-order valence-electron chi connectivity index (χ1n) is 6.08. The van der Waals surface area contributed by atoms with Gasteiger partial charge in [0, 0.05) is 5.56 Å². The van der Waals surface area contributed by atoms with Crippen molar-refractivity contribution in [3.05, 3.63) is 52.7 Å². The highest BCUT2D eigenvalue weighted by atomic mass is 16.1. The molecule has 1 aromatic carbocycles. The lowest BCUT2D eigenvalue weighted by atomic mass is 10.1. The van der Waals surface area contributed by atoms with E-state index in [-0.39, 0.29) is 5.91 Å².